The van der Waals surface area contributed by atoms with Gasteiger partial charge in [0.15, 0.2) is 17.5 Å². The van der Waals surface area contributed by atoms with Gasteiger partial charge in [-0.25, -0.2) is 22.5 Å². The SMILES string of the molecule is Cn1c(-c2cc(C#N)ccc2Cl)cc2c(c1=O)c(=O)n(-c1cncc(Cl)c1)c(=O)n2Cc1cc(F)c(F)c(F)c1. The van der Waals surface area contributed by atoms with Crippen molar-refractivity contribution in [3.05, 3.63) is 125 Å². The van der Waals surface area contributed by atoms with Crippen LogP contribution >= 0.6 is 23.2 Å². The lowest BCUT2D eigenvalue weighted by Gasteiger charge is -2.17. The first-order valence-corrected chi connectivity index (χ1v) is 12.1. The molecule has 0 aliphatic heterocycles. The number of rotatable bonds is 4. The van der Waals surface area contributed by atoms with Gasteiger partial charge >= 0.3 is 5.69 Å². The van der Waals surface area contributed by atoms with Crippen LogP contribution in [-0.4, -0.2) is 18.7 Å². The minimum absolute atomic E-state index is 0.0643. The number of aromatic nitrogens is 4. The average molecular weight is 584 g/mol. The highest BCUT2D eigenvalue weighted by Crippen LogP contribution is 2.29. The van der Waals surface area contributed by atoms with E-state index in [1.807, 2.05) is 6.07 Å². The summed E-state index contributed by atoms with van der Waals surface area (Å²) in [5.74, 6) is -4.67. The Morgan fingerprint density at radius 2 is 1.65 bits per heavy atom. The highest BCUT2D eigenvalue weighted by atomic mass is 35.5. The number of benzene rings is 2. The second kappa shape index (κ2) is 10.1. The molecule has 0 unspecified atom stereocenters. The Morgan fingerprint density at radius 1 is 0.950 bits per heavy atom. The van der Waals surface area contributed by atoms with E-state index >= 15 is 0 Å². The second-order valence-electron chi connectivity index (χ2n) is 8.70. The molecule has 0 N–H and O–H groups in total. The van der Waals surface area contributed by atoms with E-state index in [-0.39, 0.29) is 43.6 Å². The van der Waals surface area contributed by atoms with Crippen LogP contribution in [0.5, 0.6) is 0 Å². The number of halogens is 5. The van der Waals surface area contributed by atoms with Gasteiger partial charge in [0.2, 0.25) is 0 Å². The van der Waals surface area contributed by atoms with E-state index < -0.39 is 46.2 Å². The van der Waals surface area contributed by atoms with Crippen molar-refractivity contribution < 1.29 is 13.2 Å². The van der Waals surface area contributed by atoms with Crippen LogP contribution in [0.15, 0.2) is 69.2 Å². The number of hydrogen-bond acceptors (Lipinski definition) is 5. The molecule has 0 saturated carbocycles. The smallest absolute Gasteiger partial charge is 0.310 e. The van der Waals surface area contributed by atoms with Gasteiger partial charge in [-0.05, 0) is 48.0 Å². The molecule has 40 heavy (non-hydrogen) atoms. The molecule has 3 heterocycles. The number of nitriles is 1. The molecule has 8 nitrogen and oxygen atoms in total. The fourth-order valence-electron chi connectivity index (χ4n) is 4.36. The first-order chi connectivity index (χ1) is 19.0. The summed E-state index contributed by atoms with van der Waals surface area (Å²) in [4.78, 5) is 44.9. The molecule has 0 aliphatic carbocycles. The molecule has 3 aromatic heterocycles. The summed E-state index contributed by atoms with van der Waals surface area (Å²) < 4.78 is 44.5. The molecule has 200 valence electrons. The van der Waals surface area contributed by atoms with Gasteiger partial charge in [-0.1, -0.05) is 23.2 Å². The van der Waals surface area contributed by atoms with Gasteiger partial charge in [0.1, 0.15) is 5.39 Å². The fraction of sp³-hybridized carbons (Fsp3) is 0.0741. The maximum Gasteiger partial charge on any atom is 0.336 e. The molecule has 0 fully saturated rings. The van der Waals surface area contributed by atoms with Crippen molar-refractivity contribution in [1.82, 2.24) is 18.7 Å². The zero-order chi connectivity index (χ0) is 28.9. The van der Waals surface area contributed by atoms with Gasteiger partial charge in [0.25, 0.3) is 11.1 Å². The monoisotopic (exact) mass is 583 g/mol. The number of pyridine rings is 2. The Morgan fingerprint density at radius 3 is 2.30 bits per heavy atom. The van der Waals surface area contributed by atoms with Crippen molar-refractivity contribution in [3.8, 4) is 23.0 Å². The van der Waals surface area contributed by atoms with Crippen LogP contribution in [0.1, 0.15) is 11.1 Å². The maximum absolute atomic E-state index is 14.1. The van der Waals surface area contributed by atoms with Crippen molar-refractivity contribution >= 4 is 34.1 Å². The average Bonchev–Trinajstić information content (AvgIpc) is 2.91. The fourth-order valence-corrected chi connectivity index (χ4v) is 4.74. The van der Waals surface area contributed by atoms with Crippen LogP contribution in [0.4, 0.5) is 13.2 Å². The molecular weight excluding hydrogens is 570 g/mol. The molecule has 0 bridgehead atoms. The molecular formula is C27H14Cl2F3N5O3. The summed E-state index contributed by atoms with van der Waals surface area (Å²) in [5, 5.41) is 9.16. The van der Waals surface area contributed by atoms with E-state index in [4.69, 9.17) is 23.2 Å². The predicted octanol–water partition coefficient (Wildman–Crippen LogP) is 4.56. The number of fused-ring (bicyclic) bond motifs is 1. The Balaban J connectivity index is 1.93. The highest BCUT2D eigenvalue weighted by molar-refractivity contribution is 6.33. The summed E-state index contributed by atoms with van der Waals surface area (Å²) in [5.41, 5.74) is -2.62. The third-order valence-electron chi connectivity index (χ3n) is 6.24. The Kier molecular flexibility index (Phi) is 6.83. The van der Waals surface area contributed by atoms with Crippen molar-refractivity contribution in [2.75, 3.05) is 0 Å². The molecule has 5 aromatic rings. The zero-order valence-corrected chi connectivity index (χ0v) is 21.8. The van der Waals surface area contributed by atoms with Crippen LogP contribution in [0.25, 0.3) is 27.8 Å². The van der Waals surface area contributed by atoms with Gasteiger partial charge in [0, 0.05) is 23.8 Å². The molecule has 0 saturated heterocycles. The minimum atomic E-state index is -1.70. The van der Waals surface area contributed by atoms with E-state index in [2.05, 4.69) is 4.98 Å². The minimum Gasteiger partial charge on any atom is -0.310 e. The predicted molar refractivity (Wildman–Crippen MR) is 142 cm³/mol. The van der Waals surface area contributed by atoms with Crippen LogP contribution < -0.4 is 16.8 Å². The van der Waals surface area contributed by atoms with E-state index in [9.17, 15) is 32.8 Å². The topological polar surface area (TPSA) is 103 Å². The standard InChI is InChI=1S/C27H14Cl2F3N5O3/c1-35-21(17-4-13(9-33)2-3-18(17)29)8-22-23(25(35)38)26(39)37(16-7-15(28)10-34-11-16)27(40)36(22)12-14-5-19(30)24(32)20(31)6-14/h2-8,10-11H,12H2,1H3. The molecule has 5 rings (SSSR count). The van der Waals surface area contributed by atoms with Crippen molar-refractivity contribution in [2.45, 2.75) is 6.54 Å². The number of hydrogen-bond donors (Lipinski definition) is 0. The van der Waals surface area contributed by atoms with Gasteiger partial charge in [0.05, 0.1) is 46.3 Å². The van der Waals surface area contributed by atoms with Crippen LogP contribution in [-0.2, 0) is 13.6 Å². The van der Waals surface area contributed by atoms with Crippen molar-refractivity contribution in [2.24, 2.45) is 7.05 Å². The second-order valence-corrected chi connectivity index (χ2v) is 9.55. The van der Waals surface area contributed by atoms with Crippen LogP contribution in [0, 0.1) is 28.8 Å². The van der Waals surface area contributed by atoms with E-state index in [1.165, 1.54) is 49.8 Å². The largest absolute Gasteiger partial charge is 0.336 e. The van der Waals surface area contributed by atoms with Gasteiger partial charge in [-0.2, -0.15) is 5.26 Å². The molecule has 13 heteroatoms. The third-order valence-corrected chi connectivity index (χ3v) is 6.78. The maximum atomic E-state index is 14.1. The lowest BCUT2D eigenvalue weighted by Crippen LogP contribution is -2.42. The van der Waals surface area contributed by atoms with Crippen molar-refractivity contribution in [3.63, 3.8) is 0 Å². The van der Waals surface area contributed by atoms with Crippen LogP contribution in [0.3, 0.4) is 0 Å². The summed E-state index contributed by atoms with van der Waals surface area (Å²) in [6.07, 6.45) is 2.44. The normalized spacial score (nSPS) is 11.1. The van der Waals surface area contributed by atoms with Crippen LogP contribution in [0.2, 0.25) is 10.0 Å². The summed E-state index contributed by atoms with van der Waals surface area (Å²) >= 11 is 12.4. The molecule has 0 amide bonds. The first kappa shape index (κ1) is 26.9. The van der Waals surface area contributed by atoms with Crippen molar-refractivity contribution in [1.29, 1.82) is 5.26 Å². The van der Waals surface area contributed by atoms with E-state index in [1.54, 1.807) is 0 Å². The molecule has 0 spiro atoms. The summed E-state index contributed by atoms with van der Waals surface area (Å²) in [6, 6.07) is 10.3. The first-order valence-electron chi connectivity index (χ1n) is 11.4. The van der Waals surface area contributed by atoms with Gasteiger partial charge < -0.3 is 4.57 Å². The Bertz CT molecular complexity index is 2070. The Hall–Kier alpha value is -4.66. The van der Waals surface area contributed by atoms with Gasteiger partial charge in [-0.3, -0.25) is 19.1 Å². The van der Waals surface area contributed by atoms with E-state index in [0.29, 0.717) is 16.7 Å². The zero-order valence-electron chi connectivity index (χ0n) is 20.3. The quantitative estimate of drug-likeness (QED) is 0.289. The molecule has 2 aromatic carbocycles. The lowest BCUT2D eigenvalue weighted by atomic mass is 10.1. The Labute approximate surface area is 232 Å². The van der Waals surface area contributed by atoms with E-state index in [0.717, 1.165) is 9.13 Å². The van der Waals surface area contributed by atoms with Gasteiger partial charge in [-0.15, -0.1) is 0 Å². The summed E-state index contributed by atoms with van der Waals surface area (Å²) in [6.45, 7) is -0.559. The molecule has 0 atom stereocenters. The number of nitrogens with zero attached hydrogens (tertiary/aromatic N) is 5. The summed E-state index contributed by atoms with van der Waals surface area (Å²) in [7, 11) is 1.37. The highest BCUT2D eigenvalue weighted by Gasteiger charge is 2.22. The third kappa shape index (κ3) is 4.47. The molecule has 0 radical (unpaired) electrons. The molecule has 0 aliphatic rings. The lowest BCUT2D eigenvalue weighted by molar-refractivity contribution is 0.444.